The lowest BCUT2D eigenvalue weighted by atomic mass is 9.95. The Labute approximate surface area is 218 Å². The maximum atomic E-state index is 5.37. The highest BCUT2D eigenvalue weighted by Gasteiger charge is 2.12. The maximum Gasteiger partial charge on any atom is 0.118 e. The molecule has 5 aromatic rings. The Kier molecular flexibility index (Phi) is 7.33. The molecule has 0 aliphatic heterocycles. The zero-order valence-electron chi connectivity index (χ0n) is 21.0. The fraction of sp³-hybridized carbons (Fsp3) is 0.0588. The van der Waals surface area contributed by atoms with Gasteiger partial charge in [0, 0.05) is 17.1 Å². The molecule has 0 amide bonds. The zero-order chi connectivity index (χ0) is 25.5. The first kappa shape index (κ1) is 24.0. The van der Waals surface area contributed by atoms with Crippen LogP contribution in [-0.4, -0.2) is 14.2 Å². The number of hydrogen-bond donors (Lipinski definition) is 0. The summed E-state index contributed by atoms with van der Waals surface area (Å²) in [5.41, 5.74) is 7.82. The quantitative estimate of drug-likeness (QED) is 0.206. The van der Waals surface area contributed by atoms with Crippen molar-refractivity contribution < 1.29 is 9.47 Å². The molecule has 0 aliphatic rings. The van der Waals surface area contributed by atoms with Crippen molar-refractivity contribution in [2.75, 3.05) is 19.1 Å². The van der Waals surface area contributed by atoms with Gasteiger partial charge in [0.2, 0.25) is 0 Å². The van der Waals surface area contributed by atoms with Crippen molar-refractivity contribution in [2.24, 2.45) is 0 Å². The summed E-state index contributed by atoms with van der Waals surface area (Å²) in [7, 11) is 3.37. The van der Waals surface area contributed by atoms with Crippen LogP contribution in [0.15, 0.2) is 133 Å². The number of hydrogen-bond acceptors (Lipinski definition) is 3. The topological polar surface area (TPSA) is 21.7 Å². The molecular weight excluding hydrogens is 454 g/mol. The van der Waals surface area contributed by atoms with Crippen LogP contribution in [0.4, 0.5) is 17.1 Å². The van der Waals surface area contributed by atoms with Gasteiger partial charge in [-0.1, -0.05) is 72.8 Å². The minimum Gasteiger partial charge on any atom is -0.497 e. The van der Waals surface area contributed by atoms with E-state index in [1.54, 1.807) is 14.2 Å². The average molecular weight is 484 g/mol. The fourth-order valence-electron chi connectivity index (χ4n) is 4.36. The summed E-state index contributed by atoms with van der Waals surface area (Å²) in [5, 5.41) is 0. The number of anilines is 3. The highest BCUT2D eigenvalue weighted by Crippen LogP contribution is 2.35. The van der Waals surface area contributed by atoms with Crippen LogP contribution in [0.1, 0.15) is 16.7 Å². The molecule has 0 atom stereocenters. The molecule has 0 heterocycles. The predicted octanol–water partition coefficient (Wildman–Crippen LogP) is 8.76. The highest BCUT2D eigenvalue weighted by atomic mass is 16.5. The lowest BCUT2D eigenvalue weighted by Gasteiger charge is -2.25. The van der Waals surface area contributed by atoms with Crippen molar-refractivity contribution in [1.29, 1.82) is 0 Å². The van der Waals surface area contributed by atoms with Gasteiger partial charge in [-0.3, -0.25) is 0 Å². The van der Waals surface area contributed by atoms with E-state index in [4.69, 9.17) is 9.47 Å². The molecule has 0 radical (unpaired) electrons. The lowest BCUT2D eigenvalue weighted by molar-refractivity contribution is 0.414. The van der Waals surface area contributed by atoms with Gasteiger partial charge < -0.3 is 14.4 Å². The second kappa shape index (κ2) is 11.3. The van der Waals surface area contributed by atoms with Crippen molar-refractivity contribution in [1.82, 2.24) is 0 Å². The summed E-state index contributed by atoms with van der Waals surface area (Å²) in [4.78, 5) is 2.27. The van der Waals surface area contributed by atoms with E-state index in [1.807, 2.05) is 36.4 Å². The summed E-state index contributed by atoms with van der Waals surface area (Å²) in [6.45, 7) is 0. The Morgan fingerprint density at radius 1 is 0.486 bits per heavy atom. The van der Waals surface area contributed by atoms with Crippen molar-refractivity contribution in [3.63, 3.8) is 0 Å². The average Bonchev–Trinajstić information content (AvgIpc) is 2.98. The Balaban J connectivity index is 1.54. The predicted molar refractivity (Wildman–Crippen MR) is 154 cm³/mol. The summed E-state index contributed by atoms with van der Waals surface area (Å²) >= 11 is 0. The van der Waals surface area contributed by atoms with E-state index < -0.39 is 0 Å². The Hall–Kier alpha value is -4.76. The molecule has 0 saturated heterocycles. The van der Waals surface area contributed by atoms with Gasteiger partial charge in [0.1, 0.15) is 11.5 Å². The normalized spacial score (nSPS) is 10.4. The molecule has 0 unspecified atom stereocenters. The molecule has 0 N–H and O–H groups in total. The number of nitrogens with zero attached hydrogens (tertiary/aromatic N) is 1. The third kappa shape index (κ3) is 5.57. The van der Waals surface area contributed by atoms with Crippen LogP contribution in [0.3, 0.4) is 0 Å². The zero-order valence-corrected chi connectivity index (χ0v) is 21.0. The van der Waals surface area contributed by atoms with Gasteiger partial charge in [0.15, 0.2) is 0 Å². The van der Waals surface area contributed by atoms with Crippen LogP contribution in [0.25, 0.3) is 11.6 Å². The summed E-state index contributed by atoms with van der Waals surface area (Å²) in [5.74, 6) is 1.67. The molecule has 0 saturated carbocycles. The largest absolute Gasteiger partial charge is 0.497 e. The molecule has 0 aliphatic carbocycles. The van der Waals surface area contributed by atoms with Gasteiger partial charge in [-0.2, -0.15) is 0 Å². The SMILES string of the molecule is COc1ccc(C(=Cc2ccc(N(c3ccccc3)c3ccccc3)cc2)c2ccc(OC)cc2)cc1. The molecule has 0 spiro atoms. The molecule has 0 fully saturated rings. The van der Waals surface area contributed by atoms with Crippen LogP contribution in [0.2, 0.25) is 0 Å². The Morgan fingerprint density at radius 2 is 0.892 bits per heavy atom. The van der Waals surface area contributed by atoms with Crippen LogP contribution in [0.5, 0.6) is 11.5 Å². The number of rotatable bonds is 8. The van der Waals surface area contributed by atoms with E-state index in [9.17, 15) is 0 Å². The number of para-hydroxylation sites is 2. The molecule has 5 aromatic carbocycles. The first-order valence-corrected chi connectivity index (χ1v) is 12.3. The van der Waals surface area contributed by atoms with E-state index in [0.29, 0.717) is 0 Å². The second-order valence-electron chi connectivity index (χ2n) is 8.61. The van der Waals surface area contributed by atoms with Gasteiger partial charge in [-0.05, 0) is 89.0 Å². The third-order valence-electron chi connectivity index (χ3n) is 6.29. The molecule has 5 rings (SSSR count). The Bertz CT molecular complexity index is 1350. The number of methoxy groups -OCH3 is 2. The first-order chi connectivity index (χ1) is 18.2. The van der Waals surface area contributed by atoms with E-state index in [1.165, 1.54) is 0 Å². The standard InChI is InChI=1S/C34H29NO2/c1-36-32-21-15-27(16-22-32)34(28-17-23-33(37-2)24-18-28)25-26-13-19-31(20-14-26)35(29-9-5-3-6-10-29)30-11-7-4-8-12-30/h3-25H,1-2H3. The third-order valence-corrected chi connectivity index (χ3v) is 6.29. The van der Waals surface area contributed by atoms with E-state index in [-0.39, 0.29) is 0 Å². The minimum absolute atomic E-state index is 0.837. The van der Waals surface area contributed by atoms with Crippen molar-refractivity contribution >= 4 is 28.7 Å². The monoisotopic (exact) mass is 483 g/mol. The maximum absolute atomic E-state index is 5.37. The van der Waals surface area contributed by atoms with E-state index >= 15 is 0 Å². The summed E-state index contributed by atoms with van der Waals surface area (Å²) in [6, 6.07) is 45.9. The molecular formula is C34H29NO2. The fourth-order valence-corrected chi connectivity index (χ4v) is 4.36. The van der Waals surface area contributed by atoms with Crippen molar-refractivity contribution in [3.05, 3.63) is 150 Å². The number of benzene rings is 5. The summed E-state index contributed by atoms with van der Waals surface area (Å²) in [6.07, 6.45) is 2.22. The smallest absolute Gasteiger partial charge is 0.118 e. The van der Waals surface area contributed by atoms with Crippen LogP contribution in [0, 0.1) is 0 Å². The van der Waals surface area contributed by atoms with Crippen LogP contribution >= 0.6 is 0 Å². The first-order valence-electron chi connectivity index (χ1n) is 12.3. The molecule has 3 heteroatoms. The molecule has 0 aromatic heterocycles. The second-order valence-corrected chi connectivity index (χ2v) is 8.61. The van der Waals surface area contributed by atoms with Gasteiger partial charge in [0.05, 0.1) is 14.2 Å². The summed E-state index contributed by atoms with van der Waals surface area (Å²) < 4.78 is 10.7. The van der Waals surface area contributed by atoms with Crippen molar-refractivity contribution in [3.8, 4) is 11.5 Å². The van der Waals surface area contributed by atoms with Gasteiger partial charge in [-0.25, -0.2) is 0 Å². The van der Waals surface area contributed by atoms with Gasteiger partial charge >= 0.3 is 0 Å². The van der Waals surface area contributed by atoms with Crippen molar-refractivity contribution in [2.45, 2.75) is 0 Å². The molecule has 3 nitrogen and oxygen atoms in total. The lowest BCUT2D eigenvalue weighted by Crippen LogP contribution is -2.09. The molecule has 0 bridgehead atoms. The van der Waals surface area contributed by atoms with Gasteiger partial charge in [0.25, 0.3) is 0 Å². The van der Waals surface area contributed by atoms with E-state index in [0.717, 1.165) is 50.8 Å². The molecule has 37 heavy (non-hydrogen) atoms. The molecule has 182 valence electrons. The highest BCUT2D eigenvalue weighted by molar-refractivity contribution is 5.92. The van der Waals surface area contributed by atoms with Crippen LogP contribution < -0.4 is 14.4 Å². The Morgan fingerprint density at radius 3 is 1.30 bits per heavy atom. The number of ether oxygens (including phenoxy) is 2. The van der Waals surface area contributed by atoms with E-state index in [2.05, 4.69) is 108 Å². The van der Waals surface area contributed by atoms with Gasteiger partial charge in [-0.15, -0.1) is 0 Å². The van der Waals surface area contributed by atoms with Crippen LogP contribution in [-0.2, 0) is 0 Å². The minimum atomic E-state index is 0.837.